The Hall–Kier alpha value is -1.06. The first-order chi connectivity index (χ1) is 8.97. The van der Waals surface area contributed by atoms with Gasteiger partial charge in [0.25, 0.3) is 0 Å². The van der Waals surface area contributed by atoms with Gasteiger partial charge in [-0.05, 0) is 36.5 Å². The van der Waals surface area contributed by atoms with Crippen LogP contribution in [0.25, 0.3) is 0 Å². The van der Waals surface area contributed by atoms with Gasteiger partial charge < -0.3 is 10.4 Å². The highest BCUT2D eigenvalue weighted by Crippen LogP contribution is 2.12. The maximum absolute atomic E-state index is 11.6. The Kier molecular flexibility index (Phi) is 6.89. The Bertz CT molecular complexity index is 407. The summed E-state index contributed by atoms with van der Waals surface area (Å²) in [6.07, 6.45) is 1.31. The molecule has 0 spiro atoms. The van der Waals surface area contributed by atoms with E-state index in [9.17, 15) is 9.90 Å². The standard InChI is InChI=1S/C15H22ClNO2/c1-11(2)8-14(18)10-17-15(19)7-6-12-4-3-5-13(16)9-12/h3-5,9,11,14,18H,6-8,10H2,1-2H3,(H,17,19). The summed E-state index contributed by atoms with van der Waals surface area (Å²) in [6.45, 7) is 4.42. The molecule has 1 aromatic rings. The minimum Gasteiger partial charge on any atom is -0.391 e. The molecule has 1 atom stereocenters. The van der Waals surface area contributed by atoms with Gasteiger partial charge in [-0.2, -0.15) is 0 Å². The summed E-state index contributed by atoms with van der Waals surface area (Å²) in [7, 11) is 0. The van der Waals surface area contributed by atoms with E-state index in [0.29, 0.717) is 36.7 Å². The van der Waals surface area contributed by atoms with E-state index in [1.54, 1.807) is 0 Å². The van der Waals surface area contributed by atoms with E-state index < -0.39 is 6.10 Å². The number of aliphatic hydroxyl groups excluding tert-OH is 1. The van der Waals surface area contributed by atoms with Crippen molar-refractivity contribution in [1.82, 2.24) is 5.32 Å². The van der Waals surface area contributed by atoms with E-state index in [1.165, 1.54) is 0 Å². The molecule has 0 fully saturated rings. The zero-order chi connectivity index (χ0) is 14.3. The molecular weight excluding hydrogens is 262 g/mol. The number of aryl methyl sites for hydroxylation is 1. The molecule has 1 unspecified atom stereocenters. The third-order valence-corrected chi connectivity index (χ3v) is 3.04. The lowest BCUT2D eigenvalue weighted by atomic mass is 10.1. The van der Waals surface area contributed by atoms with Crippen molar-refractivity contribution in [1.29, 1.82) is 0 Å². The van der Waals surface area contributed by atoms with E-state index in [0.717, 1.165) is 5.56 Å². The normalized spacial score (nSPS) is 12.5. The van der Waals surface area contributed by atoms with Crippen LogP contribution in [0, 0.1) is 5.92 Å². The summed E-state index contributed by atoms with van der Waals surface area (Å²) in [5.41, 5.74) is 1.05. The fourth-order valence-electron chi connectivity index (χ4n) is 1.90. The van der Waals surface area contributed by atoms with E-state index in [1.807, 2.05) is 38.1 Å². The number of nitrogens with one attached hydrogen (secondary N) is 1. The third-order valence-electron chi connectivity index (χ3n) is 2.81. The Morgan fingerprint density at radius 3 is 2.79 bits per heavy atom. The van der Waals surface area contributed by atoms with Crippen molar-refractivity contribution in [3.05, 3.63) is 34.9 Å². The highest BCUT2D eigenvalue weighted by Gasteiger charge is 2.09. The maximum Gasteiger partial charge on any atom is 0.220 e. The average molecular weight is 284 g/mol. The van der Waals surface area contributed by atoms with Gasteiger partial charge in [0.2, 0.25) is 5.91 Å². The van der Waals surface area contributed by atoms with Crippen molar-refractivity contribution >= 4 is 17.5 Å². The van der Waals surface area contributed by atoms with E-state index in [2.05, 4.69) is 5.32 Å². The number of rotatable bonds is 7. The molecule has 4 heteroatoms. The highest BCUT2D eigenvalue weighted by atomic mass is 35.5. The Balaban J connectivity index is 2.25. The first kappa shape index (κ1) is 16.0. The lowest BCUT2D eigenvalue weighted by molar-refractivity contribution is -0.121. The Labute approximate surface area is 120 Å². The molecule has 19 heavy (non-hydrogen) atoms. The predicted molar refractivity (Wildman–Crippen MR) is 78.2 cm³/mol. The second-order valence-corrected chi connectivity index (χ2v) is 5.65. The molecule has 0 aliphatic heterocycles. The minimum atomic E-state index is -0.463. The summed E-state index contributed by atoms with van der Waals surface area (Å²) in [5.74, 6) is 0.390. The van der Waals surface area contributed by atoms with E-state index in [4.69, 9.17) is 11.6 Å². The van der Waals surface area contributed by atoms with Crippen molar-refractivity contribution < 1.29 is 9.90 Å². The number of halogens is 1. The molecule has 2 N–H and O–H groups in total. The number of hydrogen-bond donors (Lipinski definition) is 2. The summed E-state index contributed by atoms with van der Waals surface area (Å²) < 4.78 is 0. The molecule has 0 radical (unpaired) electrons. The van der Waals surface area contributed by atoms with Gasteiger partial charge in [0.1, 0.15) is 0 Å². The molecule has 1 amide bonds. The van der Waals surface area contributed by atoms with Crippen molar-refractivity contribution in [3.8, 4) is 0 Å². The largest absolute Gasteiger partial charge is 0.391 e. The molecule has 0 heterocycles. The van der Waals surface area contributed by atoms with Crippen LogP contribution in [0.3, 0.4) is 0 Å². The van der Waals surface area contributed by atoms with Crippen LogP contribution in [0.2, 0.25) is 5.02 Å². The third kappa shape index (κ3) is 7.19. The van der Waals surface area contributed by atoms with Gasteiger partial charge in [-0.25, -0.2) is 0 Å². The SMILES string of the molecule is CC(C)CC(O)CNC(=O)CCc1cccc(Cl)c1. The number of benzene rings is 1. The van der Waals surface area contributed by atoms with Crippen LogP contribution in [-0.2, 0) is 11.2 Å². The van der Waals surface area contributed by atoms with Crippen LogP contribution in [0.5, 0.6) is 0 Å². The first-order valence-corrected chi connectivity index (χ1v) is 7.04. The number of carbonyl (C=O) groups excluding carboxylic acids is 1. The van der Waals surface area contributed by atoms with Crippen molar-refractivity contribution in [3.63, 3.8) is 0 Å². The lowest BCUT2D eigenvalue weighted by Crippen LogP contribution is -2.32. The molecule has 0 bridgehead atoms. The highest BCUT2D eigenvalue weighted by molar-refractivity contribution is 6.30. The molecule has 106 valence electrons. The van der Waals surface area contributed by atoms with Gasteiger partial charge in [-0.15, -0.1) is 0 Å². The summed E-state index contributed by atoms with van der Waals surface area (Å²) in [4.78, 5) is 11.6. The average Bonchev–Trinajstić information content (AvgIpc) is 2.33. The quantitative estimate of drug-likeness (QED) is 0.808. The van der Waals surface area contributed by atoms with Gasteiger partial charge in [0, 0.05) is 18.0 Å². The zero-order valence-corrected chi connectivity index (χ0v) is 12.3. The molecule has 3 nitrogen and oxygen atoms in total. The van der Waals surface area contributed by atoms with Crippen LogP contribution in [0.15, 0.2) is 24.3 Å². The smallest absolute Gasteiger partial charge is 0.220 e. The fraction of sp³-hybridized carbons (Fsp3) is 0.533. The zero-order valence-electron chi connectivity index (χ0n) is 11.5. The molecule has 0 aliphatic carbocycles. The van der Waals surface area contributed by atoms with Gasteiger partial charge >= 0.3 is 0 Å². The number of hydrogen-bond acceptors (Lipinski definition) is 2. The van der Waals surface area contributed by atoms with Crippen molar-refractivity contribution in [2.45, 2.75) is 39.2 Å². The Morgan fingerprint density at radius 2 is 2.16 bits per heavy atom. The van der Waals surface area contributed by atoms with Gasteiger partial charge in [0.05, 0.1) is 6.10 Å². The number of amides is 1. The first-order valence-electron chi connectivity index (χ1n) is 6.66. The predicted octanol–water partition coefficient (Wildman–Crippen LogP) is 2.80. The minimum absolute atomic E-state index is 0.0391. The van der Waals surface area contributed by atoms with Crippen LogP contribution >= 0.6 is 11.6 Å². The summed E-state index contributed by atoms with van der Waals surface area (Å²) >= 11 is 5.88. The lowest BCUT2D eigenvalue weighted by Gasteiger charge is -2.13. The van der Waals surface area contributed by atoms with Gasteiger partial charge in [0.15, 0.2) is 0 Å². The molecule has 1 rings (SSSR count). The second-order valence-electron chi connectivity index (χ2n) is 5.22. The van der Waals surface area contributed by atoms with Crippen LogP contribution in [0.4, 0.5) is 0 Å². The molecule has 0 saturated heterocycles. The van der Waals surface area contributed by atoms with Crippen molar-refractivity contribution in [2.24, 2.45) is 5.92 Å². The topological polar surface area (TPSA) is 49.3 Å². The molecule has 0 saturated carbocycles. The molecular formula is C15H22ClNO2. The van der Waals surface area contributed by atoms with Crippen LogP contribution < -0.4 is 5.32 Å². The number of aliphatic hydroxyl groups is 1. The second kappa shape index (κ2) is 8.18. The summed E-state index contributed by atoms with van der Waals surface area (Å²) in [6, 6.07) is 7.50. The van der Waals surface area contributed by atoms with Gasteiger partial charge in [-0.1, -0.05) is 37.6 Å². The number of carbonyl (C=O) groups is 1. The molecule has 1 aromatic carbocycles. The monoisotopic (exact) mass is 283 g/mol. The summed E-state index contributed by atoms with van der Waals surface area (Å²) in [5, 5.41) is 13.1. The molecule has 0 aliphatic rings. The van der Waals surface area contributed by atoms with Crippen molar-refractivity contribution in [2.75, 3.05) is 6.54 Å². The van der Waals surface area contributed by atoms with Crippen LogP contribution in [-0.4, -0.2) is 23.7 Å². The van der Waals surface area contributed by atoms with E-state index >= 15 is 0 Å². The van der Waals surface area contributed by atoms with E-state index in [-0.39, 0.29) is 5.91 Å². The maximum atomic E-state index is 11.6. The Morgan fingerprint density at radius 1 is 1.42 bits per heavy atom. The molecule has 0 aromatic heterocycles. The van der Waals surface area contributed by atoms with Crippen LogP contribution in [0.1, 0.15) is 32.3 Å². The van der Waals surface area contributed by atoms with Gasteiger partial charge in [-0.3, -0.25) is 4.79 Å². The fourth-order valence-corrected chi connectivity index (χ4v) is 2.11.